The Bertz CT molecular complexity index is 869. The number of nitrogens with zero attached hydrogens (tertiary/aromatic N) is 2. The van der Waals surface area contributed by atoms with Gasteiger partial charge in [-0.2, -0.15) is 0 Å². The average molecular weight is 364 g/mol. The maximum Gasteiger partial charge on any atom is 0.235 e. The molecule has 1 heterocycles. The van der Waals surface area contributed by atoms with E-state index in [1.807, 2.05) is 32.0 Å². The molecule has 2 saturated carbocycles. The van der Waals surface area contributed by atoms with Gasteiger partial charge in [0, 0.05) is 12.6 Å². The second kappa shape index (κ2) is 5.54. The monoisotopic (exact) mass is 364 g/mol. The number of carbonyl (C=O) groups is 3. The summed E-state index contributed by atoms with van der Waals surface area (Å²) < 4.78 is 0. The maximum absolute atomic E-state index is 13.2. The zero-order valence-electron chi connectivity index (χ0n) is 15.9. The Morgan fingerprint density at radius 3 is 2.19 bits per heavy atom. The highest BCUT2D eigenvalue weighted by atomic mass is 16.2. The maximum atomic E-state index is 13.2. The molecule has 0 radical (unpaired) electrons. The zero-order chi connectivity index (χ0) is 19.0. The molecule has 6 rings (SSSR count). The number of hydrogen-bond donors (Lipinski definition) is 0. The SMILES string of the molecule is CC(=O)N(CN1C(=O)[C@@H]2[C@@H]3C=C[C@H]([C@H]4C[C@H]34)[C@@H]2C1=O)c1ccc(C)cc1C. The van der Waals surface area contributed by atoms with Crippen LogP contribution in [0.3, 0.4) is 0 Å². The first kappa shape index (κ1) is 16.7. The van der Waals surface area contributed by atoms with E-state index in [1.54, 1.807) is 4.90 Å². The fourth-order valence-corrected chi connectivity index (χ4v) is 5.75. The van der Waals surface area contributed by atoms with E-state index in [2.05, 4.69) is 12.2 Å². The molecule has 1 saturated heterocycles. The Morgan fingerprint density at radius 2 is 1.67 bits per heavy atom. The van der Waals surface area contributed by atoms with Gasteiger partial charge in [-0.1, -0.05) is 29.8 Å². The third-order valence-electron chi connectivity index (χ3n) is 7.06. The molecular formula is C22H24N2O3. The van der Waals surface area contributed by atoms with E-state index in [9.17, 15) is 14.4 Å². The van der Waals surface area contributed by atoms with Gasteiger partial charge in [-0.3, -0.25) is 24.2 Å². The van der Waals surface area contributed by atoms with Crippen molar-refractivity contribution in [2.24, 2.45) is 35.5 Å². The van der Waals surface area contributed by atoms with Crippen LogP contribution in [0, 0.1) is 49.4 Å². The van der Waals surface area contributed by atoms with E-state index in [0.29, 0.717) is 11.8 Å². The minimum absolute atomic E-state index is 0.0126. The van der Waals surface area contributed by atoms with Crippen molar-refractivity contribution < 1.29 is 14.4 Å². The summed E-state index contributed by atoms with van der Waals surface area (Å²) >= 11 is 0. The van der Waals surface area contributed by atoms with Crippen molar-refractivity contribution in [2.45, 2.75) is 27.2 Å². The molecule has 1 aromatic rings. The lowest BCUT2D eigenvalue weighted by atomic mass is 9.63. The number of hydrogen-bond acceptors (Lipinski definition) is 3. The van der Waals surface area contributed by atoms with Crippen molar-refractivity contribution in [1.29, 1.82) is 0 Å². The quantitative estimate of drug-likeness (QED) is 0.612. The third-order valence-corrected chi connectivity index (χ3v) is 7.06. The van der Waals surface area contributed by atoms with Crippen LogP contribution in [0.25, 0.3) is 0 Å². The van der Waals surface area contributed by atoms with Crippen LogP contribution in [0.2, 0.25) is 0 Å². The highest BCUT2D eigenvalue weighted by molar-refractivity contribution is 6.07. The number of benzene rings is 1. The van der Waals surface area contributed by atoms with E-state index in [1.165, 1.54) is 11.8 Å². The van der Waals surface area contributed by atoms with Crippen LogP contribution in [0.4, 0.5) is 5.69 Å². The lowest BCUT2D eigenvalue weighted by molar-refractivity contribution is -0.140. The Hall–Kier alpha value is -2.43. The van der Waals surface area contributed by atoms with Crippen LogP contribution in [0.1, 0.15) is 24.5 Å². The van der Waals surface area contributed by atoms with Crippen molar-refractivity contribution in [3.05, 3.63) is 41.5 Å². The second-order valence-corrected chi connectivity index (χ2v) is 8.64. The van der Waals surface area contributed by atoms with Gasteiger partial charge in [-0.05, 0) is 55.6 Å². The molecule has 140 valence electrons. The normalized spacial score (nSPS) is 35.3. The van der Waals surface area contributed by atoms with Gasteiger partial charge >= 0.3 is 0 Å². The van der Waals surface area contributed by atoms with Gasteiger partial charge in [-0.15, -0.1) is 0 Å². The van der Waals surface area contributed by atoms with Gasteiger partial charge in [0.25, 0.3) is 0 Å². The van der Waals surface area contributed by atoms with Crippen molar-refractivity contribution in [3.8, 4) is 0 Å². The van der Waals surface area contributed by atoms with Gasteiger partial charge in [0.1, 0.15) is 6.67 Å². The molecule has 5 nitrogen and oxygen atoms in total. The van der Waals surface area contributed by atoms with Crippen LogP contribution in [0.5, 0.6) is 0 Å². The van der Waals surface area contributed by atoms with Crippen LogP contribution in [-0.2, 0) is 14.4 Å². The first-order valence-electron chi connectivity index (χ1n) is 9.77. The lowest BCUT2D eigenvalue weighted by Gasteiger charge is -2.37. The molecule has 0 spiro atoms. The fourth-order valence-electron chi connectivity index (χ4n) is 5.75. The highest BCUT2D eigenvalue weighted by Crippen LogP contribution is 2.65. The molecule has 27 heavy (non-hydrogen) atoms. The molecule has 0 unspecified atom stereocenters. The summed E-state index contributed by atoms with van der Waals surface area (Å²) in [6.45, 7) is 5.45. The lowest BCUT2D eigenvalue weighted by Crippen LogP contribution is -2.44. The summed E-state index contributed by atoms with van der Waals surface area (Å²) in [5, 5.41) is 0. The third kappa shape index (κ3) is 2.27. The van der Waals surface area contributed by atoms with Gasteiger partial charge < -0.3 is 0 Å². The van der Waals surface area contributed by atoms with Crippen molar-refractivity contribution >= 4 is 23.4 Å². The number of carbonyl (C=O) groups excluding carboxylic acids is 3. The molecule has 1 aromatic carbocycles. The second-order valence-electron chi connectivity index (χ2n) is 8.64. The predicted molar refractivity (Wildman–Crippen MR) is 100 cm³/mol. The Morgan fingerprint density at radius 1 is 1.07 bits per heavy atom. The number of rotatable bonds is 3. The molecule has 2 bridgehead atoms. The number of aryl methyl sites for hydroxylation is 2. The number of anilines is 1. The molecule has 6 atom stereocenters. The minimum Gasteiger partial charge on any atom is -0.294 e. The summed E-state index contributed by atoms with van der Waals surface area (Å²) in [6.07, 6.45) is 5.49. The van der Waals surface area contributed by atoms with Gasteiger partial charge in [-0.25, -0.2) is 0 Å². The summed E-state index contributed by atoms with van der Waals surface area (Å²) in [5.41, 5.74) is 2.83. The van der Waals surface area contributed by atoms with Crippen LogP contribution >= 0.6 is 0 Å². The van der Waals surface area contributed by atoms with Gasteiger partial charge in [0.2, 0.25) is 17.7 Å². The van der Waals surface area contributed by atoms with E-state index in [-0.39, 0.29) is 48.1 Å². The first-order chi connectivity index (χ1) is 12.9. The zero-order valence-corrected chi connectivity index (χ0v) is 15.9. The molecule has 3 amide bonds. The molecule has 1 aliphatic heterocycles. The Balaban J connectivity index is 1.45. The number of imide groups is 1. The molecular weight excluding hydrogens is 340 g/mol. The topological polar surface area (TPSA) is 57.7 Å². The predicted octanol–water partition coefficient (Wildman–Crippen LogP) is 2.67. The summed E-state index contributed by atoms with van der Waals surface area (Å²) in [5.74, 6) is 0.797. The van der Waals surface area contributed by atoms with Gasteiger partial charge in [0.05, 0.1) is 11.8 Å². The first-order valence-corrected chi connectivity index (χ1v) is 9.77. The van der Waals surface area contributed by atoms with Crippen LogP contribution < -0.4 is 4.90 Å². The molecule has 5 heteroatoms. The van der Waals surface area contributed by atoms with Gasteiger partial charge in [0.15, 0.2) is 0 Å². The molecule has 5 aliphatic rings. The fraction of sp³-hybridized carbons (Fsp3) is 0.500. The Kier molecular flexibility index (Phi) is 3.43. The van der Waals surface area contributed by atoms with Crippen molar-refractivity contribution in [3.63, 3.8) is 0 Å². The largest absolute Gasteiger partial charge is 0.294 e. The molecule has 0 aromatic heterocycles. The molecule has 3 fully saturated rings. The summed E-state index contributed by atoms with van der Waals surface area (Å²) in [7, 11) is 0. The number of allylic oxidation sites excluding steroid dienone is 2. The van der Waals surface area contributed by atoms with E-state index < -0.39 is 0 Å². The Labute approximate surface area is 159 Å². The minimum atomic E-state index is -0.218. The molecule has 0 N–H and O–H groups in total. The van der Waals surface area contributed by atoms with Crippen molar-refractivity contribution in [1.82, 2.24) is 4.90 Å². The summed E-state index contributed by atoms with van der Waals surface area (Å²) in [4.78, 5) is 41.6. The van der Waals surface area contributed by atoms with Crippen LogP contribution in [0.15, 0.2) is 30.4 Å². The van der Waals surface area contributed by atoms with E-state index in [0.717, 1.165) is 23.2 Å². The molecule has 4 aliphatic carbocycles. The average Bonchev–Trinajstić information content (AvgIpc) is 3.40. The number of amides is 3. The highest BCUT2D eigenvalue weighted by Gasteiger charge is 2.67. The smallest absolute Gasteiger partial charge is 0.235 e. The summed E-state index contributed by atoms with van der Waals surface area (Å²) in [6, 6.07) is 5.85. The number of likely N-dealkylation sites (tertiary alicyclic amines) is 1. The standard InChI is InChI=1S/C22H24N2O3/c1-11-4-7-18(12(2)8-11)23(13(3)25)10-24-21(26)19-14-5-6-15(17-9-16(14)17)20(19)22(24)27/h4-8,14-17,19-20H,9-10H2,1-3H3/t14-,15-,16-,17-,19-,20+/m1/s1. The van der Waals surface area contributed by atoms with E-state index >= 15 is 0 Å². The van der Waals surface area contributed by atoms with E-state index in [4.69, 9.17) is 0 Å². The van der Waals surface area contributed by atoms with Crippen LogP contribution in [-0.4, -0.2) is 29.3 Å². The van der Waals surface area contributed by atoms with Crippen molar-refractivity contribution in [2.75, 3.05) is 11.6 Å².